The van der Waals surface area contributed by atoms with Gasteiger partial charge in [-0.1, -0.05) is 20.8 Å². The molecule has 3 N–H and O–H groups in total. The van der Waals surface area contributed by atoms with Crippen LogP contribution in [0.15, 0.2) is 23.1 Å². The van der Waals surface area contributed by atoms with Crippen LogP contribution in [-0.4, -0.2) is 32.6 Å². The number of carboxylic acid groups (broad SMARTS) is 1. The second-order valence-corrected chi connectivity index (χ2v) is 7.74. The molecule has 0 aliphatic rings. The molecule has 0 aliphatic heterocycles. The molecule has 0 saturated heterocycles. The van der Waals surface area contributed by atoms with Gasteiger partial charge in [0.2, 0.25) is 10.0 Å². The molecule has 0 amide bonds. The van der Waals surface area contributed by atoms with Crippen molar-refractivity contribution in [1.82, 2.24) is 0 Å². The van der Waals surface area contributed by atoms with Gasteiger partial charge in [-0.05, 0) is 30.5 Å². The number of benzene rings is 1. The first kappa shape index (κ1) is 17.5. The van der Waals surface area contributed by atoms with Crippen molar-refractivity contribution in [3.63, 3.8) is 0 Å². The third-order valence-electron chi connectivity index (χ3n) is 3.74. The Kier molecular flexibility index (Phi) is 4.70. The lowest BCUT2D eigenvalue weighted by molar-refractivity contribution is 0.0697. The van der Waals surface area contributed by atoms with Gasteiger partial charge in [0.15, 0.2) is 0 Å². The minimum absolute atomic E-state index is 0.0518. The van der Waals surface area contributed by atoms with Crippen molar-refractivity contribution < 1.29 is 18.3 Å². The highest BCUT2D eigenvalue weighted by Crippen LogP contribution is 2.30. The average molecular weight is 314 g/mol. The lowest BCUT2D eigenvalue weighted by Gasteiger charge is -2.37. The number of aromatic carboxylic acids is 1. The van der Waals surface area contributed by atoms with Crippen molar-refractivity contribution in [2.45, 2.75) is 38.6 Å². The molecule has 0 aliphatic carbocycles. The van der Waals surface area contributed by atoms with Crippen LogP contribution in [0.3, 0.4) is 0 Å². The van der Waals surface area contributed by atoms with Crippen molar-refractivity contribution in [2.75, 3.05) is 11.9 Å². The molecule has 118 valence electrons. The number of carboxylic acids is 1. The van der Waals surface area contributed by atoms with Gasteiger partial charge in [0.1, 0.15) is 0 Å². The summed E-state index contributed by atoms with van der Waals surface area (Å²) in [5, 5.41) is 14.4. The first-order valence-electron chi connectivity index (χ1n) is 6.48. The van der Waals surface area contributed by atoms with Crippen LogP contribution in [0.1, 0.15) is 38.1 Å². The molecule has 1 aromatic rings. The normalized spacial score (nSPS) is 13.8. The van der Waals surface area contributed by atoms with E-state index in [4.69, 9.17) is 5.14 Å². The van der Waals surface area contributed by atoms with Crippen LogP contribution < -0.4 is 10.0 Å². The maximum atomic E-state index is 11.4. The smallest absolute Gasteiger partial charge is 0.337 e. The summed E-state index contributed by atoms with van der Waals surface area (Å²) in [6.07, 6.45) is 0. The molecule has 7 heteroatoms. The summed E-state index contributed by atoms with van der Waals surface area (Å²) in [4.78, 5) is 13.0. The molecule has 1 rings (SSSR count). The highest BCUT2D eigenvalue weighted by atomic mass is 32.2. The zero-order valence-electron chi connectivity index (χ0n) is 12.9. The largest absolute Gasteiger partial charge is 0.478 e. The lowest BCUT2D eigenvalue weighted by atomic mass is 9.86. The summed E-state index contributed by atoms with van der Waals surface area (Å²) in [5.74, 6) is -1.19. The van der Waals surface area contributed by atoms with Crippen molar-refractivity contribution in [3.05, 3.63) is 23.8 Å². The van der Waals surface area contributed by atoms with Crippen LogP contribution in [0.5, 0.6) is 0 Å². The number of sulfonamides is 1. The summed E-state index contributed by atoms with van der Waals surface area (Å²) in [6, 6.07) is 3.95. The summed E-state index contributed by atoms with van der Waals surface area (Å²) in [5.41, 5.74) is 0.306. The molecule has 1 unspecified atom stereocenters. The molecule has 1 aromatic carbocycles. The van der Waals surface area contributed by atoms with E-state index in [2.05, 4.69) is 0 Å². The third kappa shape index (κ3) is 3.95. The van der Waals surface area contributed by atoms with Crippen molar-refractivity contribution >= 4 is 21.7 Å². The van der Waals surface area contributed by atoms with Crippen LogP contribution in [0.25, 0.3) is 0 Å². The van der Waals surface area contributed by atoms with Gasteiger partial charge in [-0.3, -0.25) is 0 Å². The van der Waals surface area contributed by atoms with Crippen LogP contribution in [0.4, 0.5) is 5.69 Å². The second kappa shape index (κ2) is 5.65. The molecule has 0 aromatic heterocycles. The SMILES string of the molecule is CC(N(C)c1ccc(S(N)(=O)=O)cc1C(=O)O)C(C)(C)C. The molecule has 21 heavy (non-hydrogen) atoms. The minimum atomic E-state index is -3.93. The van der Waals surface area contributed by atoms with Gasteiger partial charge in [0.05, 0.1) is 16.1 Å². The quantitative estimate of drug-likeness (QED) is 0.884. The van der Waals surface area contributed by atoms with E-state index in [9.17, 15) is 18.3 Å². The first-order chi connectivity index (χ1) is 9.35. The maximum Gasteiger partial charge on any atom is 0.337 e. The predicted octanol–water partition coefficient (Wildman–Crippen LogP) is 1.90. The van der Waals surface area contributed by atoms with Crippen LogP contribution in [-0.2, 0) is 10.0 Å². The molecule has 0 spiro atoms. The topological polar surface area (TPSA) is 101 Å². The molecular formula is C14H22N2O4S. The van der Waals surface area contributed by atoms with Crippen LogP contribution in [0, 0.1) is 5.41 Å². The zero-order valence-corrected chi connectivity index (χ0v) is 13.7. The molecule has 6 nitrogen and oxygen atoms in total. The van der Waals surface area contributed by atoms with Gasteiger partial charge in [0.25, 0.3) is 0 Å². The first-order valence-corrected chi connectivity index (χ1v) is 8.03. The fraction of sp³-hybridized carbons (Fsp3) is 0.500. The Hall–Kier alpha value is -1.60. The molecular weight excluding hydrogens is 292 g/mol. The minimum Gasteiger partial charge on any atom is -0.478 e. The van der Waals surface area contributed by atoms with Gasteiger partial charge >= 0.3 is 5.97 Å². The second-order valence-electron chi connectivity index (χ2n) is 6.18. The molecule has 0 fully saturated rings. The summed E-state index contributed by atoms with van der Waals surface area (Å²) < 4.78 is 22.7. The standard InChI is InChI=1S/C14H22N2O4S/c1-9(14(2,3)4)16(5)12-7-6-10(21(15,19)20)8-11(12)13(17)18/h6-9H,1-5H3,(H,17,18)(H2,15,19,20). The number of hydrogen-bond acceptors (Lipinski definition) is 4. The molecule has 1 atom stereocenters. The van der Waals surface area contributed by atoms with E-state index in [1.165, 1.54) is 12.1 Å². The van der Waals surface area contributed by atoms with E-state index < -0.39 is 16.0 Å². The van der Waals surface area contributed by atoms with Gasteiger partial charge in [0, 0.05) is 13.1 Å². The maximum absolute atomic E-state index is 11.4. The third-order valence-corrected chi connectivity index (χ3v) is 4.65. The number of nitrogens with zero attached hydrogens (tertiary/aromatic N) is 1. The number of nitrogens with two attached hydrogens (primary N) is 1. The Balaban J connectivity index is 3.41. The fourth-order valence-corrected chi connectivity index (χ4v) is 2.50. The Morgan fingerprint density at radius 1 is 1.33 bits per heavy atom. The highest BCUT2D eigenvalue weighted by molar-refractivity contribution is 7.89. The van der Waals surface area contributed by atoms with Gasteiger partial charge in [-0.2, -0.15) is 0 Å². The van der Waals surface area contributed by atoms with E-state index >= 15 is 0 Å². The van der Waals surface area contributed by atoms with E-state index in [1.807, 2.05) is 32.6 Å². The molecule has 0 bridgehead atoms. The predicted molar refractivity (Wildman–Crippen MR) is 82.1 cm³/mol. The van der Waals surface area contributed by atoms with Gasteiger partial charge in [-0.15, -0.1) is 0 Å². The van der Waals surface area contributed by atoms with E-state index in [-0.39, 0.29) is 21.9 Å². The van der Waals surface area contributed by atoms with Gasteiger partial charge in [-0.25, -0.2) is 18.4 Å². The number of rotatable bonds is 4. The van der Waals surface area contributed by atoms with Crippen molar-refractivity contribution in [1.29, 1.82) is 0 Å². The number of primary sulfonamides is 1. The van der Waals surface area contributed by atoms with Crippen LogP contribution in [0.2, 0.25) is 0 Å². The van der Waals surface area contributed by atoms with E-state index in [0.717, 1.165) is 6.07 Å². The van der Waals surface area contributed by atoms with Crippen molar-refractivity contribution in [3.8, 4) is 0 Å². The fourth-order valence-electron chi connectivity index (χ4n) is 1.96. The molecule has 0 saturated carbocycles. The Labute approximate surface area is 125 Å². The van der Waals surface area contributed by atoms with Gasteiger partial charge < -0.3 is 10.0 Å². The Morgan fingerprint density at radius 2 is 1.86 bits per heavy atom. The molecule has 0 radical (unpaired) electrons. The number of anilines is 1. The summed E-state index contributed by atoms with van der Waals surface area (Å²) in [7, 11) is -2.15. The van der Waals surface area contributed by atoms with E-state index in [1.54, 1.807) is 7.05 Å². The molecule has 0 heterocycles. The number of carbonyl (C=O) groups is 1. The summed E-state index contributed by atoms with van der Waals surface area (Å²) in [6.45, 7) is 8.13. The lowest BCUT2D eigenvalue weighted by Crippen LogP contribution is -2.40. The summed E-state index contributed by atoms with van der Waals surface area (Å²) >= 11 is 0. The Morgan fingerprint density at radius 3 is 2.24 bits per heavy atom. The Bertz CT molecular complexity index is 647. The van der Waals surface area contributed by atoms with E-state index in [0.29, 0.717) is 5.69 Å². The van der Waals surface area contributed by atoms with Crippen LogP contribution >= 0.6 is 0 Å². The zero-order chi connectivity index (χ0) is 16.6. The average Bonchev–Trinajstić information content (AvgIpc) is 2.34. The monoisotopic (exact) mass is 314 g/mol. The number of hydrogen-bond donors (Lipinski definition) is 2. The van der Waals surface area contributed by atoms with Crippen molar-refractivity contribution in [2.24, 2.45) is 10.6 Å². The highest BCUT2D eigenvalue weighted by Gasteiger charge is 2.27.